The van der Waals surface area contributed by atoms with E-state index in [2.05, 4.69) is 9.62 Å². The number of ether oxygens (including phenoxy) is 2. The minimum absolute atomic E-state index is 0.122. The molecule has 1 saturated heterocycles. The van der Waals surface area contributed by atoms with Crippen LogP contribution in [-0.2, 0) is 10.0 Å². The van der Waals surface area contributed by atoms with E-state index < -0.39 is 10.0 Å². The van der Waals surface area contributed by atoms with E-state index in [1.165, 1.54) is 39.2 Å². The van der Waals surface area contributed by atoms with Gasteiger partial charge in [-0.3, -0.25) is 4.72 Å². The normalized spacial score (nSPS) is 14.4. The Bertz CT molecular complexity index is 846. The minimum atomic E-state index is -3.72. The molecule has 1 heterocycles. The molecule has 0 spiro atoms. The highest BCUT2D eigenvalue weighted by atomic mass is 32.2. The first kappa shape index (κ1) is 17.4. The Morgan fingerprint density at radius 1 is 0.960 bits per heavy atom. The van der Waals surface area contributed by atoms with Crippen molar-refractivity contribution in [1.29, 1.82) is 0 Å². The quantitative estimate of drug-likeness (QED) is 0.855. The maximum atomic E-state index is 12.7. The summed E-state index contributed by atoms with van der Waals surface area (Å²) in [5, 5.41) is 0. The van der Waals surface area contributed by atoms with Gasteiger partial charge in [0.25, 0.3) is 10.0 Å². The fourth-order valence-electron chi connectivity index (χ4n) is 2.94. The van der Waals surface area contributed by atoms with Crippen molar-refractivity contribution in [2.24, 2.45) is 0 Å². The van der Waals surface area contributed by atoms with Crippen molar-refractivity contribution in [2.45, 2.75) is 17.7 Å². The van der Waals surface area contributed by atoms with E-state index in [0.29, 0.717) is 17.2 Å². The number of nitrogens with zero attached hydrogens (tertiary/aromatic N) is 1. The summed E-state index contributed by atoms with van der Waals surface area (Å²) in [6, 6.07) is 12.0. The van der Waals surface area contributed by atoms with E-state index in [9.17, 15) is 8.42 Å². The SMILES string of the molecule is COc1ccc(S(=O)(=O)Nc2cccc(N3CCCC3)c2)cc1OC. The van der Waals surface area contributed by atoms with Crippen molar-refractivity contribution in [2.75, 3.05) is 36.9 Å². The third-order valence-corrected chi connectivity index (χ3v) is 5.61. The molecule has 25 heavy (non-hydrogen) atoms. The van der Waals surface area contributed by atoms with E-state index in [1.807, 2.05) is 18.2 Å². The molecule has 2 aromatic carbocycles. The Morgan fingerprint density at radius 2 is 1.68 bits per heavy atom. The first-order valence-electron chi connectivity index (χ1n) is 8.13. The summed E-state index contributed by atoms with van der Waals surface area (Å²) < 4.78 is 38.3. The lowest BCUT2D eigenvalue weighted by atomic mass is 10.2. The first-order chi connectivity index (χ1) is 12.0. The molecule has 134 valence electrons. The summed E-state index contributed by atoms with van der Waals surface area (Å²) in [6.45, 7) is 2.01. The van der Waals surface area contributed by atoms with Gasteiger partial charge in [-0.25, -0.2) is 8.42 Å². The molecular weight excluding hydrogens is 340 g/mol. The van der Waals surface area contributed by atoms with Gasteiger partial charge in [-0.05, 0) is 43.2 Å². The van der Waals surface area contributed by atoms with Gasteiger partial charge in [-0.15, -0.1) is 0 Å². The number of nitrogens with one attached hydrogen (secondary N) is 1. The van der Waals surface area contributed by atoms with Crippen molar-refractivity contribution < 1.29 is 17.9 Å². The van der Waals surface area contributed by atoms with Crippen LogP contribution < -0.4 is 19.1 Å². The highest BCUT2D eigenvalue weighted by Crippen LogP contribution is 2.31. The van der Waals surface area contributed by atoms with Gasteiger partial charge in [-0.1, -0.05) is 6.07 Å². The van der Waals surface area contributed by atoms with E-state index >= 15 is 0 Å². The van der Waals surface area contributed by atoms with Crippen molar-refractivity contribution in [3.05, 3.63) is 42.5 Å². The predicted molar refractivity (Wildman–Crippen MR) is 98.2 cm³/mol. The van der Waals surface area contributed by atoms with Gasteiger partial charge < -0.3 is 14.4 Å². The number of hydrogen-bond acceptors (Lipinski definition) is 5. The van der Waals surface area contributed by atoms with Crippen LogP contribution in [0.4, 0.5) is 11.4 Å². The molecule has 1 aliphatic rings. The van der Waals surface area contributed by atoms with E-state index in [4.69, 9.17) is 9.47 Å². The topological polar surface area (TPSA) is 67.9 Å². The third kappa shape index (κ3) is 3.82. The number of rotatable bonds is 6. The molecule has 0 bridgehead atoms. The lowest BCUT2D eigenvalue weighted by Crippen LogP contribution is -2.18. The molecule has 0 atom stereocenters. The van der Waals surface area contributed by atoms with Crippen LogP contribution in [0.3, 0.4) is 0 Å². The summed E-state index contributed by atoms with van der Waals surface area (Å²) in [4.78, 5) is 2.38. The number of hydrogen-bond donors (Lipinski definition) is 1. The molecule has 6 nitrogen and oxygen atoms in total. The summed E-state index contributed by atoms with van der Waals surface area (Å²) in [6.07, 6.45) is 2.34. The second-order valence-corrected chi connectivity index (χ2v) is 7.55. The number of anilines is 2. The average molecular weight is 362 g/mol. The van der Waals surface area contributed by atoms with Crippen LogP contribution in [0.25, 0.3) is 0 Å². The monoisotopic (exact) mass is 362 g/mol. The van der Waals surface area contributed by atoms with Crippen LogP contribution in [0, 0.1) is 0 Å². The fraction of sp³-hybridized carbons (Fsp3) is 0.333. The minimum Gasteiger partial charge on any atom is -0.493 e. The zero-order valence-electron chi connectivity index (χ0n) is 14.4. The molecule has 1 fully saturated rings. The van der Waals surface area contributed by atoms with Crippen molar-refractivity contribution in [3.63, 3.8) is 0 Å². The van der Waals surface area contributed by atoms with Crippen LogP contribution in [0.1, 0.15) is 12.8 Å². The summed E-state index contributed by atoms with van der Waals surface area (Å²) in [5.74, 6) is 0.855. The summed E-state index contributed by atoms with van der Waals surface area (Å²) in [7, 11) is -0.734. The molecule has 0 radical (unpaired) electrons. The number of benzene rings is 2. The second-order valence-electron chi connectivity index (χ2n) is 5.87. The Labute approximate surface area is 148 Å². The van der Waals surface area contributed by atoms with Gasteiger partial charge in [0.1, 0.15) is 0 Å². The zero-order chi connectivity index (χ0) is 17.9. The molecule has 0 unspecified atom stereocenters. The molecule has 0 saturated carbocycles. The van der Waals surface area contributed by atoms with Gasteiger partial charge in [0.15, 0.2) is 11.5 Å². The number of sulfonamides is 1. The average Bonchev–Trinajstić information content (AvgIpc) is 3.15. The Hall–Kier alpha value is -2.41. The molecule has 1 aliphatic heterocycles. The van der Waals surface area contributed by atoms with Crippen LogP contribution in [-0.4, -0.2) is 35.7 Å². The Morgan fingerprint density at radius 3 is 2.36 bits per heavy atom. The van der Waals surface area contributed by atoms with Crippen LogP contribution in [0.15, 0.2) is 47.4 Å². The maximum Gasteiger partial charge on any atom is 0.262 e. The largest absolute Gasteiger partial charge is 0.493 e. The highest BCUT2D eigenvalue weighted by molar-refractivity contribution is 7.92. The van der Waals surface area contributed by atoms with Crippen molar-refractivity contribution >= 4 is 21.4 Å². The van der Waals surface area contributed by atoms with E-state index in [1.54, 1.807) is 12.1 Å². The zero-order valence-corrected chi connectivity index (χ0v) is 15.2. The summed E-state index contributed by atoms with van der Waals surface area (Å²) in [5.41, 5.74) is 1.57. The smallest absolute Gasteiger partial charge is 0.262 e. The van der Waals surface area contributed by atoms with E-state index in [0.717, 1.165) is 18.8 Å². The molecule has 7 heteroatoms. The molecule has 0 aliphatic carbocycles. The molecule has 0 amide bonds. The fourth-order valence-corrected chi connectivity index (χ4v) is 4.00. The van der Waals surface area contributed by atoms with Gasteiger partial charge >= 0.3 is 0 Å². The molecule has 0 aromatic heterocycles. The second kappa shape index (κ2) is 7.23. The highest BCUT2D eigenvalue weighted by Gasteiger charge is 2.18. The van der Waals surface area contributed by atoms with Crippen LogP contribution in [0.2, 0.25) is 0 Å². The van der Waals surface area contributed by atoms with Gasteiger partial charge in [0.2, 0.25) is 0 Å². The molecular formula is C18H22N2O4S. The van der Waals surface area contributed by atoms with Crippen LogP contribution in [0.5, 0.6) is 11.5 Å². The number of methoxy groups -OCH3 is 2. The molecule has 2 aromatic rings. The third-order valence-electron chi connectivity index (χ3n) is 4.23. The van der Waals surface area contributed by atoms with Crippen molar-refractivity contribution in [1.82, 2.24) is 0 Å². The molecule has 3 rings (SSSR count). The van der Waals surface area contributed by atoms with Gasteiger partial charge in [0.05, 0.1) is 24.8 Å². The predicted octanol–water partition coefficient (Wildman–Crippen LogP) is 3.10. The Kier molecular flexibility index (Phi) is 5.03. The van der Waals surface area contributed by atoms with Gasteiger partial charge in [-0.2, -0.15) is 0 Å². The molecule has 1 N–H and O–H groups in total. The van der Waals surface area contributed by atoms with Gasteiger partial charge in [0, 0.05) is 24.8 Å². The van der Waals surface area contributed by atoms with Crippen LogP contribution >= 0.6 is 0 Å². The maximum absolute atomic E-state index is 12.7. The van der Waals surface area contributed by atoms with E-state index in [-0.39, 0.29) is 4.90 Å². The Balaban J connectivity index is 1.85. The van der Waals surface area contributed by atoms with Crippen molar-refractivity contribution in [3.8, 4) is 11.5 Å². The first-order valence-corrected chi connectivity index (χ1v) is 9.61. The standard InChI is InChI=1S/C18H22N2O4S/c1-23-17-9-8-16(13-18(17)24-2)25(21,22)19-14-6-5-7-15(12-14)20-10-3-4-11-20/h5-9,12-13,19H,3-4,10-11H2,1-2H3. The summed E-state index contributed by atoms with van der Waals surface area (Å²) >= 11 is 0. The lowest BCUT2D eigenvalue weighted by molar-refractivity contribution is 0.354. The lowest BCUT2D eigenvalue weighted by Gasteiger charge is -2.18.